The quantitative estimate of drug-likeness (QED) is 0.266. The van der Waals surface area contributed by atoms with E-state index in [0.717, 1.165) is 5.82 Å². The number of carboxylic acids is 1. The lowest BCUT2D eigenvalue weighted by Gasteiger charge is -2.15. The van der Waals surface area contributed by atoms with E-state index in [2.05, 4.69) is 31.2 Å². The SMILES string of the molecule is O=C(CCCNc1ccccn1)NCc1cn(C[C@H](NC(=O)c2c(Cl)cccc2Cl)C(=O)O)nn1. The summed E-state index contributed by atoms with van der Waals surface area (Å²) in [7, 11) is 0. The van der Waals surface area contributed by atoms with Crippen LogP contribution >= 0.6 is 23.2 Å². The van der Waals surface area contributed by atoms with E-state index in [0.29, 0.717) is 25.1 Å². The van der Waals surface area contributed by atoms with Crippen molar-refractivity contribution in [3.63, 3.8) is 0 Å². The predicted octanol–water partition coefficient (Wildman–Crippen LogP) is 2.37. The van der Waals surface area contributed by atoms with Crippen molar-refractivity contribution in [1.29, 1.82) is 0 Å². The van der Waals surface area contributed by atoms with E-state index < -0.39 is 17.9 Å². The van der Waals surface area contributed by atoms with Crippen LogP contribution in [0.15, 0.2) is 48.8 Å². The molecule has 1 atom stereocenters. The third kappa shape index (κ3) is 7.94. The first-order valence-electron chi connectivity index (χ1n) is 10.6. The zero-order valence-corrected chi connectivity index (χ0v) is 20.0. The first-order chi connectivity index (χ1) is 16.8. The summed E-state index contributed by atoms with van der Waals surface area (Å²) < 4.78 is 1.27. The van der Waals surface area contributed by atoms with Gasteiger partial charge in [-0.1, -0.05) is 40.5 Å². The lowest BCUT2D eigenvalue weighted by Crippen LogP contribution is -2.44. The number of carboxylic acid groups (broad SMARTS) is 1. The van der Waals surface area contributed by atoms with Crippen molar-refractivity contribution in [3.05, 3.63) is 70.1 Å². The lowest BCUT2D eigenvalue weighted by molar-refractivity contribution is -0.139. The number of aliphatic carboxylic acids is 1. The number of benzene rings is 1. The highest BCUT2D eigenvalue weighted by Gasteiger charge is 2.24. The van der Waals surface area contributed by atoms with Gasteiger partial charge in [-0.2, -0.15) is 0 Å². The smallest absolute Gasteiger partial charge is 0.328 e. The van der Waals surface area contributed by atoms with Crippen molar-refractivity contribution < 1.29 is 19.5 Å². The first kappa shape index (κ1) is 25.9. The fraction of sp³-hybridized carbons (Fsp3) is 0.273. The molecule has 35 heavy (non-hydrogen) atoms. The van der Waals surface area contributed by atoms with E-state index in [1.807, 2.05) is 18.2 Å². The van der Waals surface area contributed by atoms with E-state index in [-0.39, 0.29) is 34.6 Å². The Balaban J connectivity index is 1.45. The van der Waals surface area contributed by atoms with Gasteiger partial charge in [-0.3, -0.25) is 9.59 Å². The Labute approximate surface area is 210 Å². The molecule has 2 aromatic heterocycles. The number of amides is 2. The molecule has 0 spiro atoms. The van der Waals surface area contributed by atoms with Crippen LogP contribution in [0.4, 0.5) is 5.82 Å². The molecule has 0 saturated carbocycles. The molecular weight excluding hydrogens is 497 g/mol. The maximum absolute atomic E-state index is 12.5. The predicted molar refractivity (Wildman–Crippen MR) is 129 cm³/mol. The van der Waals surface area contributed by atoms with Crippen molar-refractivity contribution in [1.82, 2.24) is 30.6 Å². The normalized spacial score (nSPS) is 11.5. The third-order valence-electron chi connectivity index (χ3n) is 4.77. The van der Waals surface area contributed by atoms with Crippen LogP contribution in [0.1, 0.15) is 28.9 Å². The number of carbonyl (C=O) groups excluding carboxylic acids is 2. The van der Waals surface area contributed by atoms with Gasteiger partial charge in [0.05, 0.1) is 34.9 Å². The minimum atomic E-state index is -1.31. The molecule has 2 heterocycles. The summed E-state index contributed by atoms with van der Waals surface area (Å²) in [6.07, 6.45) is 4.10. The van der Waals surface area contributed by atoms with Crippen LogP contribution < -0.4 is 16.0 Å². The fourth-order valence-corrected chi connectivity index (χ4v) is 3.61. The molecule has 1 aromatic carbocycles. The molecule has 4 N–H and O–H groups in total. The van der Waals surface area contributed by atoms with Crippen molar-refractivity contribution in [2.75, 3.05) is 11.9 Å². The lowest BCUT2D eigenvalue weighted by atomic mass is 10.2. The Morgan fingerprint density at radius 3 is 2.54 bits per heavy atom. The highest BCUT2D eigenvalue weighted by atomic mass is 35.5. The Bertz CT molecular complexity index is 1150. The van der Waals surface area contributed by atoms with Crippen LogP contribution in [-0.4, -0.2) is 55.5 Å². The van der Waals surface area contributed by atoms with Gasteiger partial charge in [-0.05, 0) is 30.7 Å². The topological polar surface area (TPSA) is 151 Å². The molecule has 11 nitrogen and oxygen atoms in total. The number of nitrogens with zero attached hydrogens (tertiary/aromatic N) is 4. The van der Waals surface area contributed by atoms with Gasteiger partial charge in [0.15, 0.2) is 0 Å². The van der Waals surface area contributed by atoms with Crippen LogP contribution in [0.5, 0.6) is 0 Å². The van der Waals surface area contributed by atoms with Gasteiger partial charge in [0, 0.05) is 19.2 Å². The Morgan fingerprint density at radius 1 is 1.09 bits per heavy atom. The maximum Gasteiger partial charge on any atom is 0.328 e. The summed E-state index contributed by atoms with van der Waals surface area (Å²) in [4.78, 5) is 40.4. The summed E-state index contributed by atoms with van der Waals surface area (Å²) in [5.74, 6) is -1.41. The summed E-state index contributed by atoms with van der Waals surface area (Å²) >= 11 is 12.0. The molecule has 184 valence electrons. The zero-order valence-electron chi connectivity index (χ0n) is 18.4. The third-order valence-corrected chi connectivity index (χ3v) is 5.40. The van der Waals surface area contributed by atoms with Crippen LogP contribution in [-0.2, 0) is 22.7 Å². The van der Waals surface area contributed by atoms with Gasteiger partial charge in [0.25, 0.3) is 5.91 Å². The molecule has 13 heteroatoms. The molecule has 0 bridgehead atoms. The number of nitrogens with one attached hydrogen (secondary N) is 3. The number of rotatable bonds is 12. The number of pyridine rings is 1. The Hall–Kier alpha value is -3.70. The minimum absolute atomic E-state index is 0.0145. The molecule has 3 aromatic rings. The maximum atomic E-state index is 12.5. The first-order valence-corrected chi connectivity index (χ1v) is 11.4. The largest absolute Gasteiger partial charge is 0.480 e. The van der Waals surface area contributed by atoms with Gasteiger partial charge in [0.2, 0.25) is 5.91 Å². The Morgan fingerprint density at radius 2 is 1.86 bits per heavy atom. The monoisotopic (exact) mass is 519 g/mol. The van der Waals surface area contributed by atoms with E-state index >= 15 is 0 Å². The van der Waals surface area contributed by atoms with E-state index in [9.17, 15) is 19.5 Å². The fourth-order valence-electron chi connectivity index (χ4n) is 3.04. The summed E-state index contributed by atoms with van der Waals surface area (Å²) in [5, 5.41) is 25.8. The van der Waals surface area contributed by atoms with Crippen molar-refractivity contribution >= 4 is 46.8 Å². The second-order valence-electron chi connectivity index (χ2n) is 7.41. The average Bonchev–Trinajstić information content (AvgIpc) is 3.28. The highest BCUT2D eigenvalue weighted by molar-refractivity contribution is 6.39. The van der Waals surface area contributed by atoms with Gasteiger partial charge < -0.3 is 21.1 Å². The molecule has 0 radical (unpaired) electrons. The molecule has 3 rings (SSSR count). The second kappa shape index (κ2) is 12.7. The second-order valence-corrected chi connectivity index (χ2v) is 8.23. The molecule has 0 aliphatic rings. The summed E-state index contributed by atoms with van der Waals surface area (Å²) in [5.41, 5.74) is 0.425. The highest BCUT2D eigenvalue weighted by Crippen LogP contribution is 2.24. The van der Waals surface area contributed by atoms with Crippen molar-refractivity contribution in [3.8, 4) is 0 Å². The van der Waals surface area contributed by atoms with Crippen LogP contribution in [0.2, 0.25) is 10.0 Å². The standard InChI is InChI=1S/C22H23Cl2N7O4/c23-15-5-3-6-16(24)20(15)21(33)28-17(22(34)35)13-31-12-14(29-30-31)11-27-19(32)8-4-10-26-18-7-1-2-9-25-18/h1-3,5-7,9,12,17H,4,8,10-11,13H2,(H,25,26)(H,27,32)(H,28,33)(H,34,35)/t17-/m0/s1. The number of halogens is 2. The van der Waals surface area contributed by atoms with Gasteiger partial charge in [0.1, 0.15) is 17.6 Å². The van der Waals surface area contributed by atoms with Crippen molar-refractivity contribution in [2.24, 2.45) is 0 Å². The average molecular weight is 520 g/mol. The molecule has 0 fully saturated rings. The molecule has 2 amide bonds. The van der Waals surface area contributed by atoms with Crippen LogP contribution in [0.25, 0.3) is 0 Å². The van der Waals surface area contributed by atoms with Gasteiger partial charge in [-0.15, -0.1) is 5.10 Å². The zero-order chi connectivity index (χ0) is 25.2. The molecule has 0 unspecified atom stereocenters. The van der Waals surface area contributed by atoms with E-state index in [1.165, 1.54) is 23.0 Å². The number of aromatic nitrogens is 4. The number of hydrogen-bond donors (Lipinski definition) is 4. The molecule has 0 aliphatic heterocycles. The van der Waals surface area contributed by atoms with Crippen molar-refractivity contribution in [2.45, 2.75) is 32.0 Å². The number of hydrogen-bond acceptors (Lipinski definition) is 7. The van der Waals surface area contributed by atoms with Crippen LogP contribution in [0, 0.1) is 0 Å². The minimum Gasteiger partial charge on any atom is -0.480 e. The van der Waals surface area contributed by atoms with E-state index in [4.69, 9.17) is 23.2 Å². The summed E-state index contributed by atoms with van der Waals surface area (Å²) in [6, 6.07) is 8.76. The van der Waals surface area contributed by atoms with Gasteiger partial charge >= 0.3 is 5.97 Å². The number of anilines is 1. The molecule has 0 aliphatic carbocycles. The molecular formula is C22H23Cl2N7O4. The molecule has 0 saturated heterocycles. The Kier molecular flexibility index (Phi) is 9.39. The van der Waals surface area contributed by atoms with Crippen LogP contribution in [0.3, 0.4) is 0 Å². The van der Waals surface area contributed by atoms with E-state index in [1.54, 1.807) is 12.3 Å². The van der Waals surface area contributed by atoms with Gasteiger partial charge in [-0.25, -0.2) is 14.5 Å². The summed E-state index contributed by atoms with van der Waals surface area (Å²) in [6.45, 7) is 0.539. The number of carbonyl (C=O) groups is 3.